The molecular weight excluding hydrogens is 396 g/mol. The number of nitrogens with one attached hydrogen (secondary N) is 1. The maximum absolute atomic E-state index is 12.1. The molecule has 0 radical (unpaired) electrons. The Hall–Kier alpha value is -2.70. The normalized spacial score (nSPS) is 10.5. The first kappa shape index (κ1) is 20.0. The van der Waals surface area contributed by atoms with Crippen LogP contribution in [0.25, 0.3) is 10.6 Å². The van der Waals surface area contributed by atoms with Crippen LogP contribution in [0.3, 0.4) is 0 Å². The number of hydrogen-bond donors (Lipinski definition) is 1. The molecule has 3 rings (SSSR count). The molecule has 1 heterocycles. The van der Waals surface area contributed by atoms with E-state index in [4.69, 9.17) is 16.3 Å². The third-order valence-corrected chi connectivity index (χ3v) is 5.59. The van der Waals surface area contributed by atoms with E-state index >= 15 is 0 Å². The van der Waals surface area contributed by atoms with Crippen molar-refractivity contribution >= 4 is 34.6 Å². The average molecular weight is 415 g/mol. The highest BCUT2D eigenvalue weighted by molar-refractivity contribution is 7.15. The van der Waals surface area contributed by atoms with Crippen molar-refractivity contribution in [2.24, 2.45) is 0 Å². The molecule has 1 N–H and O–H groups in total. The summed E-state index contributed by atoms with van der Waals surface area (Å²) in [5, 5.41) is 4.32. The second-order valence-corrected chi connectivity index (χ2v) is 7.64. The molecule has 3 aromatic rings. The van der Waals surface area contributed by atoms with E-state index in [1.807, 2.05) is 31.2 Å². The van der Waals surface area contributed by atoms with Crippen molar-refractivity contribution < 1.29 is 14.3 Å². The molecule has 0 aliphatic carbocycles. The Morgan fingerprint density at radius 1 is 1.14 bits per heavy atom. The number of aromatic nitrogens is 1. The van der Waals surface area contributed by atoms with Crippen LogP contribution < -0.4 is 10.1 Å². The van der Waals surface area contributed by atoms with Crippen molar-refractivity contribution in [3.05, 3.63) is 69.7 Å². The molecule has 5 nitrogen and oxygen atoms in total. The maximum Gasteiger partial charge on any atom is 0.258 e. The van der Waals surface area contributed by atoms with Crippen molar-refractivity contribution in [3.63, 3.8) is 0 Å². The second-order valence-electron chi connectivity index (χ2n) is 6.15. The monoisotopic (exact) mass is 414 g/mol. The van der Waals surface area contributed by atoms with Crippen molar-refractivity contribution in [1.29, 1.82) is 0 Å². The SMILES string of the molecule is CC(=O)c1ccc(OCC(=O)NCc2sc(-c3ccccc3Cl)nc2C)cc1. The van der Waals surface area contributed by atoms with E-state index in [0.29, 0.717) is 22.9 Å². The van der Waals surface area contributed by atoms with Crippen LogP contribution in [0, 0.1) is 6.92 Å². The molecule has 0 spiro atoms. The molecule has 1 amide bonds. The minimum absolute atomic E-state index is 0.0135. The molecule has 0 saturated heterocycles. The van der Waals surface area contributed by atoms with Gasteiger partial charge in [-0.15, -0.1) is 11.3 Å². The van der Waals surface area contributed by atoms with Gasteiger partial charge in [-0.2, -0.15) is 0 Å². The molecular formula is C21H19ClN2O3S. The van der Waals surface area contributed by atoms with Gasteiger partial charge in [0.2, 0.25) is 0 Å². The van der Waals surface area contributed by atoms with Crippen LogP contribution in [0.1, 0.15) is 27.9 Å². The summed E-state index contributed by atoms with van der Waals surface area (Å²) in [7, 11) is 0. The van der Waals surface area contributed by atoms with Crippen LogP contribution in [-0.2, 0) is 11.3 Å². The van der Waals surface area contributed by atoms with E-state index in [2.05, 4.69) is 10.3 Å². The van der Waals surface area contributed by atoms with Gasteiger partial charge in [0.25, 0.3) is 5.91 Å². The Morgan fingerprint density at radius 2 is 1.86 bits per heavy atom. The van der Waals surface area contributed by atoms with Crippen LogP contribution in [0.5, 0.6) is 5.75 Å². The van der Waals surface area contributed by atoms with Gasteiger partial charge in [-0.05, 0) is 44.2 Å². The summed E-state index contributed by atoms with van der Waals surface area (Å²) in [6.45, 7) is 3.68. The molecule has 1 aromatic heterocycles. The van der Waals surface area contributed by atoms with Gasteiger partial charge >= 0.3 is 0 Å². The van der Waals surface area contributed by atoms with Crippen molar-refractivity contribution in [2.75, 3.05) is 6.61 Å². The Balaban J connectivity index is 1.55. The summed E-state index contributed by atoms with van der Waals surface area (Å²) >= 11 is 7.74. The number of hydrogen-bond acceptors (Lipinski definition) is 5. The Bertz CT molecular complexity index is 999. The number of ether oxygens (including phenoxy) is 1. The number of Topliss-reactive ketones (excluding diaryl/α,β-unsaturated/α-hetero) is 1. The molecule has 144 valence electrons. The Labute approximate surface area is 172 Å². The maximum atomic E-state index is 12.1. The largest absolute Gasteiger partial charge is 0.484 e. The van der Waals surface area contributed by atoms with Gasteiger partial charge in [0.05, 0.1) is 17.3 Å². The third-order valence-electron chi connectivity index (χ3n) is 4.07. The van der Waals surface area contributed by atoms with E-state index in [-0.39, 0.29) is 18.3 Å². The number of aryl methyl sites for hydroxylation is 1. The van der Waals surface area contributed by atoms with Crippen molar-refractivity contribution in [3.8, 4) is 16.3 Å². The van der Waals surface area contributed by atoms with E-state index in [1.165, 1.54) is 18.3 Å². The van der Waals surface area contributed by atoms with Gasteiger partial charge in [-0.3, -0.25) is 9.59 Å². The van der Waals surface area contributed by atoms with Crippen molar-refractivity contribution in [2.45, 2.75) is 20.4 Å². The fraction of sp³-hybridized carbons (Fsp3) is 0.190. The average Bonchev–Trinajstić information content (AvgIpc) is 3.05. The Morgan fingerprint density at radius 3 is 2.54 bits per heavy atom. The number of benzene rings is 2. The van der Waals surface area contributed by atoms with E-state index in [9.17, 15) is 9.59 Å². The lowest BCUT2D eigenvalue weighted by Gasteiger charge is -2.07. The molecule has 0 unspecified atom stereocenters. The lowest BCUT2D eigenvalue weighted by atomic mass is 10.1. The summed E-state index contributed by atoms with van der Waals surface area (Å²) in [5.41, 5.74) is 2.35. The van der Waals surface area contributed by atoms with Gasteiger partial charge in [0, 0.05) is 16.0 Å². The molecule has 0 aliphatic heterocycles. The molecule has 0 bridgehead atoms. The van der Waals surface area contributed by atoms with E-state index < -0.39 is 0 Å². The topological polar surface area (TPSA) is 68.3 Å². The predicted octanol–water partition coefficient (Wildman–Crippen LogP) is 4.67. The molecule has 0 aliphatic rings. The molecule has 0 atom stereocenters. The zero-order valence-corrected chi connectivity index (χ0v) is 17.1. The minimum Gasteiger partial charge on any atom is -0.484 e. The number of amides is 1. The standard InChI is InChI=1S/C21H19ClN2O3S/c1-13-19(28-21(24-13)17-5-3-4-6-18(17)22)11-23-20(26)12-27-16-9-7-15(8-10-16)14(2)25/h3-10H,11-12H2,1-2H3,(H,23,26). The smallest absolute Gasteiger partial charge is 0.258 e. The summed E-state index contributed by atoms with van der Waals surface area (Å²) in [6.07, 6.45) is 0. The highest BCUT2D eigenvalue weighted by atomic mass is 35.5. The van der Waals surface area contributed by atoms with Gasteiger partial charge in [0.15, 0.2) is 12.4 Å². The summed E-state index contributed by atoms with van der Waals surface area (Å²) in [5.74, 6) is 0.290. The van der Waals surface area contributed by atoms with Crippen LogP contribution >= 0.6 is 22.9 Å². The van der Waals surface area contributed by atoms with E-state index in [1.54, 1.807) is 24.3 Å². The second kappa shape index (κ2) is 8.99. The molecule has 7 heteroatoms. The van der Waals surface area contributed by atoms with Crippen LogP contribution in [-0.4, -0.2) is 23.3 Å². The molecule has 2 aromatic carbocycles. The lowest BCUT2D eigenvalue weighted by molar-refractivity contribution is -0.123. The number of rotatable bonds is 7. The minimum atomic E-state index is -0.234. The third kappa shape index (κ3) is 4.97. The number of carbonyl (C=O) groups excluding carboxylic acids is 2. The summed E-state index contributed by atoms with van der Waals surface area (Å²) in [4.78, 5) is 28.9. The van der Waals surface area contributed by atoms with Crippen LogP contribution in [0.4, 0.5) is 0 Å². The molecule has 0 saturated carbocycles. The summed E-state index contributed by atoms with van der Waals surface area (Å²) in [6, 6.07) is 14.2. The quantitative estimate of drug-likeness (QED) is 0.570. The lowest BCUT2D eigenvalue weighted by Crippen LogP contribution is -2.28. The van der Waals surface area contributed by atoms with Crippen molar-refractivity contribution in [1.82, 2.24) is 10.3 Å². The highest BCUT2D eigenvalue weighted by Crippen LogP contribution is 2.32. The van der Waals surface area contributed by atoms with Gasteiger partial charge in [-0.1, -0.05) is 29.8 Å². The first-order valence-electron chi connectivity index (χ1n) is 8.65. The molecule has 28 heavy (non-hydrogen) atoms. The predicted molar refractivity (Wildman–Crippen MR) is 111 cm³/mol. The summed E-state index contributed by atoms with van der Waals surface area (Å²) < 4.78 is 5.46. The molecule has 0 fully saturated rings. The first-order valence-corrected chi connectivity index (χ1v) is 9.85. The number of ketones is 1. The van der Waals surface area contributed by atoms with Gasteiger partial charge in [0.1, 0.15) is 10.8 Å². The fourth-order valence-electron chi connectivity index (χ4n) is 2.51. The number of thiazole rings is 1. The van der Waals surface area contributed by atoms with Crippen LogP contribution in [0.2, 0.25) is 5.02 Å². The number of nitrogens with zero attached hydrogens (tertiary/aromatic N) is 1. The zero-order valence-electron chi connectivity index (χ0n) is 15.5. The fourth-order valence-corrected chi connectivity index (χ4v) is 3.83. The Kier molecular flexibility index (Phi) is 6.44. The number of carbonyl (C=O) groups is 2. The first-order chi connectivity index (χ1) is 13.4. The number of halogens is 1. The van der Waals surface area contributed by atoms with Gasteiger partial charge in [-0.25, -0.2) is 4.98 Å². The van der Waals surface area contributed by atoms with E-state index in [0.717, 1.165) is 21.1 Å². The van der Waals surface area contributed by atoms with Crippen LogP contribution in [0.15, 0.2) is 48.5 Å². The van der Waals surface area contributed by atoms with Gasteiger partial charge < -0.3 is 10.1 Å². The zero-order chi connectivity index (χ0) is 20.1. The highest BCUT2D eigenvalue weighted by Gasteiger charge is 2.13.